The van der Waals surface area contributed by atoms with Crippen LogP contribution in [-0.4, -0.2) is 32.0 Å². The molecule has 3 aliphatic rings. The largest absolute Gasteiger partial charge is 0.364 e. The lowest BCUT2D eigenvalue weighted by Gasteiger charge is -2.22. The normalized spacial score (nSPS) is 28.0. The van der Waals surface area contributed by atoms with Gasteiger partial charge >= 0.3 is 0 Å². The first kappa shape index (κ1) is 22.6. The number of nitriles is 1. The average Bonchev–Trinajstić information content (AvgIpc) is 3.55. The standard InChI is InChI=1S/C28H31N3O3/c1-28(34-3)24-11-10-20(15-25(24)31(2)27(28)33)19-7-4-17(5-8-19)13-22(16-29)30-26(32)23-14-18-6-9-21(23)12-18/h4-5,7-8,10-11,15,18,21-23H,6,9,12-14H2,1-3H3,(H,30,32)/t18-,21+,22+,23+,28?/m1/s1. The molecule has 0 radical (unpaired) electrons. The smallest absolute Gasteiger partial charge is 0.263 e. The first-order valence-electron chi connectivity index (χ1n) is 12.1. The molecule has 2 aromatic carbocycles. The van der Waals surface area contributed by atoms with Gasteiger partial charge in [0.1, 0.15) is 6.04 Å². The second-order valence-corrected chi connectivity index (χ2v) is 10.2. The number of amides is 2. The number of fused-ring (bicyclic) bond motifs is 3. The molecule has 1 heterocycles. The van der Waals surface area contributed by atoms with Crippen LogP contribution in [0.2, 0.25) is 0 Å². The Kier molecular flexibility index (Phi) is 5.69. The summed E-state index contributed by atoms with van der Waals surface area (Å²) in [6.07, 6.45) is 5.04. The van der Waals surface area contributed by atoms with E-state index in [2.05, 4.69) is 11.4 Å². The van der Waals surface area contributed by atoms with Crippen LogP contribution in [0.4, 0.5) is 5.69 Å². The molecule has 2 amide bonds. The van der Waals surface area contributed by atoms with E-state index in [1.807, 2.05) is 42.5 Å². The van der Waals surface area contributed by atoms with Crippen molar-refractivity contribution in [3.05, 3.63) is 53.6 Å². The fourth-order valence-electron chi connectivity index (χ4n) is 6.18. The van der Waals surface area contributed by atoms with Crippen molar-refractivity contribution in [2.24, 2.45) is 17.8 Å². The fourth-order valence-corrected chi connectivity index (χ4v) is 6.18. The van der Waals surface area contributed by atoms with Crippen molar-refractivity contribution in [2.75, 3.05) is 19.1 Å². The van der Waals surface area contributed by atoms with Crippen LogP contribution in [0.3, 0.4) is 0 Å². The number of methoxy groups -OCH3 is 1. The predicted octanol–water partition coefficient (Wildman–Crippen LogP) is 4.18. The lowest BCUT2D eigenvalue weighted by atomic mass is 9.88. The molecule has 2 bridgehead atoms. The second-order valence-electron chi connectivity index (χ2n) is 10.2. The SMILES string of the molecule is COC1(C)C(=O)N(C)c2cc(-c3ccc(C[C@@H](C#N)NC(=O)[C@H]4C[C@@H]5CC[C@H]4C5)cc3)ccc21. The molecule has 2 saturated carbocycles. The summed E-state index contributed by atoms with van der Waals surface area (Å²) >= 11 is 0. The van der Waals surface area contributed by atoms with Crippen molar-refractivity contribution in [1.82, 2.24) is 5.32 Å². The topological polar surface area (TPSA) is 82.4 Å². The molecule has 2 aromatic rings. The summed E-state index contributed by atoms with van der Waals surface area (Å²) in [5.74, 6) is 1.27. The monoisotopic (exact) mass is 457 g/mol. The third-order valence-corrected chi connectivity index (χ3v) is 8.27. The number of rotatable bonds is 6. The van der Waals surface area contributed by atoms with Crippen LogP contribution in [0.1, 0.15) is 43.7 Å². The Morgan fingerprint density at radius 2 is 1.94 bits per heavy atom. The quantitative estimate of drug-likeness (QED) is 0.706. The number of hydrogen-bond donors (Lipinski definition) is 1. The van der Waals surface area contributed by atoms with Gasteiger partial charge in [-0.2, -0.15) is 5.26 Å². The van der Waals surface area contributed by atoms with Crippen molar-refractivity contribution < 1.29 is 14.3 Å². The molecule has 0 spiro atoms. The second kappa shape index (κ2) is 8.56. The Morgan fingerprint density at radius 1 is 1.21 bits per heavy atom. The number of nitrogens with zero attached hydrogens (tertiary/aromatic N) is 2. The molecular formula is C28H31N3O3. The number of benzene rings is 2. The third-order valence-electron chi connectivity index (χ3n) is 8.27. The maximum atomic E-state index is 12.7. The Labute approximate surface area is 200 Å². The zero-order valence-corrected chi connectivity index (χ0v) is 20.0. The Hall–Kier alpha value is -3.17. The number of ether oxygens (including phenoxy) is 1. The summed E-state index contributed by atoms with van der Waals surface area (Å²) in [6, 6.07) is 15.8. The first-order valence-corrected chi connectivity index (χ1v) is 12.1. The third kappa shape index (κ3) is 3.69. The van der Waals surface area contributed by atoms with Crippen molar-refractivity contribution in [3.63, 3.8) is 0 Å². The van der Waals surface area contributed by atoms with E-state index in [1.165, 1.54) is 12.8 Å². The molecule has 5 atom stereocenters. The Bertz CT molecular complexity index is 1170. The van der Waals surface area contributed by atoms with Gasteiger partial charge in [-0.3, -0.25) is 9.59 Å². The average molecular weight is 458 g/mol. The highest BCUT2D eigenvalue weighted by Gasteiger charge is 2.46. The van der Waals surface area contributed by atoms with Crippen LogP contribution in [0.15, 0.2) is 42.5 Å². The highest BCUT2D eigenvalue weighted by molar-refractivity contribution is 6.07. The van der Waals surface area contributed by atoms with Gasteiger partial charge in [-0.15, -0.1) is 0 Å². The van der Waals surface area contributed by atoms with E-state index in [1.54, 1.807) is 26.0 Å². The summed E-state index contributed by atoms with van der Waals surface area (Å²) in [6.45, 7) is 1.80. The van der Waals surface area contributed by atoms with Gasteiger partial charge in [0, 0.05) is 32.1 Å². The van der Waals surface area contributed by atoms with Crippen molar-refractivity contribution >= 4 is 17.5 Å². The molecule has 0 aromatic heterocycles. The van der Waals surface area contributed by atoms with Crippen LogP contribution in [0, 0.1) is 29.1 Å². The lowest BCUT2D eigenvalue weighted by Crippen LogP contribution is -2.40. The molecule has 34 heavy (non-hydrogen) atoms. The molecular weight excluding hydrogens is 426 g/mol. The van der Waals surface area contributed by atoms with E-state index in [-0.39, 0.29) is 17.7 Å². The summed E-state index contributed by atoms with van der Waals surface area (Å²) < 4.78 is 5.54. The van der Waals surface area contributed by atoms with Crippen LogP contribution in [-0.2, 0) is 26.3 Å². The summed E-state index contributed by atoms with van der Waals surface area (Å²) in [5, 5.41) is 12.6. The molecule has 6 nitrogen and oxygen atoms in total. The number of carbonyl (C=O) groups excluding carboxylic acids is 2. The van der Waals surface area contributed by atoms with Gasteiger partial charge in [0.05, 0.1) is 11.8 Å². The summed E-state index contributed by atoms with van der Waals surface area (Å²) in [7, 11) is 3.33. The maximum absolute atomic E-state index is 12.7. The Morgan fingerprint density at radius 3 is 2.56 bits per heavy atom. The molecule has 0 saturated heterocycles. The van der Waals surface area contributed by atoms with Gasteiger partial charge in [0.2, 0.25) is 5.91 Å². The number of hydrogen-bond acceptors (Lipinski definition) is 4. The van der Waals surface area contributed by atoms with Crippen molar-refractivity contribution in [3.8, 4) is 17.2 Å². The minimum Gasteiger partial charge on any atom is -0.364 e. The highest BCUT2D eigenvalue weighted by Crippen LogP contribution is 2.48. The van der Waals surface area contributed by atoms with Crippen molar-refractivity contribution in [1.29, 1.82) is 5.26 Å². The zero-order valence-electron chi connectivity index (χ0n) is 20.0. The van der Waals surface area contributed by atoms with Crippen LogP contribution < -0.4 is 10.2 Å². The van der Waals surface area contributed by atoms with Gasteiger partial charge in [-0.05, 0) is 60.8 Å². The van der Waals surface area contributed by atoms with Gasteiger partial charge in [-0.1, -0.05) is 42.8 Å². The van der Waals surface area contributed by atoms with Gasteiger partial charge < -0.3 is 15.0 Å². The van der Waals surface area contributed by atoms with E-state index in [0.29, 0.717) is 18.3 Å². The van der Waals surface area contributed by atoms with Crippen molar-refractivity contribution in [2.45, 2.75) is 50.7 Å². The van der Waals surface area contributed by atoms with E-state index in [4.69, 9.17) is 4.74 Å². The number of nitrogens with one attached hydrogen (secondary N) is 1. The van der Waals surface area contributed by atoms with E-state index in [0.717, 1.165) is 40.8 Å². The van der Waals surface area contributed by atoms with Crippen LogP contribution in [0.5, 0.6) is 0 Å². The highest BCUT2D eigenvalue weighted by atomic mass is 16.5. The summed E-state index contributed by atoms with van der Waals surface area (Å²) in [4.78, 5) is 27.1. The maximum Gasteiger partial charge on any atom is 0.263 e. The minimum atomic E-state index is -0.957. The number of anilines is 1. The van der Waals surface area contributed by atoms with Crippen LogP contribution >= 0.6 is 0 Å². The fraction of sp³-hybridized carbons (Fsp3) is 0.464. The van der Waals surface area contributed by atoms with Crippen LogP contribution in [0.25, 0.3) is 11.1 Å². The zero-order chi connectivity index (χ0) is 24.0. The molecule has 2 aliphatic carbocycles. The van der Waals surface area contributed by atoms with Gasteiger partial charge in [0.25, 0.3) is 5.91 Å². The lowest BCUT2D eigenvalue weighted by molar-refractivity contribution is -0.137. The number of carbonyl (C=O) groups is 2. The van der Waals surface area contributed by atoms with Gasteiger partial charge in [0.15, 0.2) is 5.60 Å². The van der Waals surface area contributed by atoms with E-state index in [9.17, 15) is 14.9 Å². The molecule has 2 fully saturated rings. The molecule has 176 valence electrons. The Balaban J connectivity index is 1.27. The molecule has 1 unspecified atom stereocenters. The van der Waals surface area contributed by atoms with E-state index >= 15 is 0 Å². The predicted molar refractivity (Wildman–Crippen MR) is 130 cm³/mol. The van der Waals surface area contributed by atoms with E-state index < -0.39 is 11.6 Å². The first-order chi connectivity index (χ1) is 16.3. The molecule has 5 rings (SSSR count). The molecule has 1 aliphatic heterocycles. The summed E-state index contributed by atoms with van der Waals surface area (Å²) in [5.41, 5.74) is 3.80. The molecule has 1 N–H and O–H groups in total. The minimum absolute atomic E-state index is 0.0511. The molecule has 6 heteroatoms. The van der Waals surface area contributed by atoms with Gasteiger partial charge in [-0.25, -0.2) is 0 Å². The number of likely N-dealkylation sites (N-methyl/N-ethyl adjacent to an activating group) is 1.